The summed E-state index contributed by atoms with van der Waals surface area (Å²) in [5, 5.41) is 0. The fourth-order valence-electron chi connectivity index (χ4n) is 1.93. The van der Waals surface area contributed by atoms with E-state index in [4.69, 9.17) is 26.8 Å². The summed E-state index contributed by atoms with van der Waals surface area (Å²) in [7, 11) is 7.55. The lowest BCUT2D eigenvalue weighted by atomic mass is 9.92. The van der Waals surface area contributed by atoms with Crippen LogP contribution in [0.3, 0.4) is 0 Å². The third kappa shape index (κ3) is 4.25. The molecule has 0 bridgehead atoms. The Labute approximate surface area is 105 Å². The van der Waals surface area contributed by atoms with Crippen LogP contribution in [0.2, 0.25) is 0 Å². The maximum Gasteiger partial charge on any atom is 0.113 e. The van der Waals surface area contributed by atoms with Gasteiger partial charge in [-0.15, -0.1) is 0 Å². The Kier molecular flexibility index (Phi) is 5.93. The van der Waals surface area contributed by atoms with E-state index in [2.05, 4.69) is 0 Å². The molecular weight excluding hydrogens is 219 g/mol. The summed E-state index contributed by atoms with van der Waals surface area (Å²) in [5.41, 5.74) is 0. The van der Waals surface area contributed by atoms with Crippen molar-refractivity contribution in [2.75, 3.05) is 13.7 Å². The smallest absolute Gasteiger partial charge is 0.113 e. The molecule has 1 heterocycles. The van der Waals surface area contributed by atoms with E-state index in [0.717, 1.165) is 0 Å². The molecule has 0 aromatic rings. The molecular formula is C12H23BO4. The maximum absolute atomic E-state index is 5.91. The van der Waals surface area contributed by atoms with Crippen molar-refractivity contribution in [2.45, 2.75) is 64.2 Å². The van der Waals surface area contributed by atoms with Gasteiger partial charge in [-0.3, -0.25) is 0 Å². The van der Waals surface area contributed by atoms with E-state index in [1.165, 1.54) is 0 Å². The highest BCUT2D eigenvalue weighted by Crippen LogP contribution is 2.26. The highest BCUT2D eigenvalue weighted by atomic mass is 16.6. The average Bonchev–Trinajstić information content (AvgIpc) is 2.51. The Bertz CT molecular complexity index is 223. The predicted molar refractivity (Wildman–Crippen MR) is 66.3 cm³/mol. The number of hydrogen-bond acceptors (Lipinski definition) is 4. The van der Waals surface area contributed by atoms with Crippen molar-refractivity contribution in [1.29, 1.82) is 0 Å². The molecule has 1 rings (SSSR count). The lowest BCUT2D eigenvalue weighted by Crippen LogP contribution is -2.40. The molecule has 98 valence electrons. The second-order valence-electron chi connectivity index (χ2n) is 4.87. The summed E-state index contributed by atoms with van der Waals surface area (Å²) in [4.78, 5) is 0. The van der Waals surface area contributed by atoms with E-state index < -0.39 is 6.00 Å². The van der Waals surface area contributed by atoms with E-state index in [1.54, 1.807) is 7.11 Å². The lowest BCUT2D eigenvalue weighted by Gasteiger charge is -2.24. The summed E-state index contributed by atoms with van der Waals surface area (Å²) < 4.78 is 22.3. The van der Waals surface area contributed by atoms with E-state index in [0.29, 0.717) is 6.61 Å². The van der Waals surface area contributed by atoms with Crippen LogP contribution in [0.5, 0.6) is 0 Å². The average molecular weight is 242 g/mol. The van der Waals surface area contributed by atoms with Gasteiger partial charge < -0.3 is 18.9 Å². The van der Waals surface area contributed by atoms with E-state index in [1.807, 2.05) is 27.7 Å². The number of rotatable bonds is 6. The maximum atomic E-state index is 5.91. The Hall–Kier alpha value is -0.0951. The highest BCUT2D eigenvalue weighted by Gasteiger charge is 2.43. The molecule has 17 heavy (non-hydrogen) atoms. The quantitative estimate of drug-likeness (QED) is 0.654. The summed E-state index contributed by atoms with van der Waals surface area (Å²) in [6.45, 7) is 8.38. The minimum absolute atomic E-state index is 0.0945. The van der Waals surface area contributed by atoms with Crippen LogP contribution in [0.4, 0.5) is 0 Å². The van der Waals surface area contributed by atoms with Gasteiger partial charge in [-0.1, -0.05) is 0 Å². The van der Waals surface area contributed by atoms with Crippen LogP contribution < -0.4 is 0 Å². The van der Waals surface area contributed by atoms with Crippen LogP contribution >= 0.6 is 0 Å². The lowest BCUT2D eigenvalue weighted by molar-refractivity contribution is -0.0796. The molecule has 4 atom stereocenters. The minimum atomic E-state index is -0.455. The van der Waals surface area contributed by atoms with Gasteiger partial charge in [0.05, 0.1) is 18.8 Å². The topological polar surface area (TPSA) is 36.9 Å². The molecule has 2 radical (unpaired) electrons. The van der Waals surface area contributed by atoms with Gasteiger partial charge in [-0.2, -0.15) is 0 Å². The zero-order valence-corrected chi connectivity index (χ0v) is 11.4. The third-order valence-electron chi connectivity index (χ3n) is 2.64. The van der Waals surface area contributed by atoms with E-state index in [-0.39, 0.29) is 30.5 Å². The minimum Gasteiger partial charge on any atom is -0.377 e. The first-order valence-electron chi connectivity index (χ1n) is 6.16. The summed E-state index contributed by atoms with van der Waals surface area (Å²) in [5.74, 6) is 0. The van der Waals surface area contributed by atoms with E-state index >= 15 is 0 Å². The second-order valence-corrected chi connectivity index (χ2v) is 4.87. The zero-order valence-electron chi connectivity index (χ0n) is 11.4. The van der Waals surface area contributed by atoms with Gasteiger partial charge >= 0.3 is 0 Å². The SMILES string of the molecule is [B][C@@H]1O[C@H](COC(C)C)C(OC)[C@@H]1OC(C)C. The van der Waals surface area contributed by atoms with Gasteiger partial charge in [-0.25, -0.2) is 0 Å². The van der Waals surface area contributed by atoms with Crippen LogP contribution in [-0.4, -0.2) is 58.1 Å². The molecule has 0 N–H and O–H groups in total. The molecule has 0 aromatic carbocycles. The van der Waals surface area contributed by atoms with Crippen LogP contribution in [-0.2, 0) is 18.9 Å². The molecule has 0 amide bonds. The zero-order chi connectivity index (χ0) is 13.0. The van der Waals surface area contributed by atoms with Crippen molar-refractivity contribution in [1.82, 2.24) is 0 Å². The van der Waals surface area contributed by atoms with E-state index in [9.17, 15) is 0 Å². The highest BCUT2D eigenvalue weighted by molar-refractivity contribution is 6.11. The molecule has 0 aromatic heterocycles. The molecule has 1 unspecified atom stereocenters. The van der Waals surface area contributed by atoms with Crippen molar-refractivity contribution in [3.63, 3.8) is 0 Å². The van der Waals surface area contributed by atoms with Gasteiger partial charge in [0.1, 0.15) is 26.2 Å². The first-order chi connectivity index (χ1) is 7.95. The van der Waals surface area contributed by atoms with Gasteiger partial charge in [0, 0.05) is 13.1 Å². The van der Waals surface area contributed by atoms with Crippen LogP contribution in [0.1, 0.15) is 27.7 Å². The molecule has 4 nitrogen and oxygen atoms in total. The van der Waals surface area contributed by atoms with Crippen LogP contribution in [0.25, 0.3) is 0 Å². The van der Waals surface area contributed by atoms with Gasteiger partial charge in [0.15, 0.2) is 0 Å². The summed E-state index contributed by atoms with van der Waals surface area (Å²) in [6, 6.07) is -0.455. The molecule has 5 heteroatoms. The Balaban J connectivity index is 2.56. The molecule has 1 saturated heterocycles. The first kappa shape index (κ1) is 15.0. The molecule has 0 aliphatic carbocycles. The molecule has 1 fully saturated rings. The molecule has 0 saturated carbocycles. The van der Waals surface area contributed by atoms with Crippen LogP contribution in [0, 0.1) is 0 Å². The number of hydrogen-bond donors (Lipinski definition) is 0. The number of methoxy groups -OCH3 is 1. The largest absolute Gasteiger partial charge is 0.377 e. The van der Waals surface area contributed by atoms with Crippen LogP contribution in [0.15, 0.2) is 0 Å². The van der Waals surface area contributed by atoms with Crippen molar-refractivity contribution >= 4 is 7.85 Å². The van der Waals surface area contributed by atoms with Crippen molar-refractivity contribution in [2.24, 2.45) is 0 Å². The monoisotopic (exact) mass is 242 g/mol. The molecule has 0 spiro atoms. The van der Waals surface area contributed by atoms with Gasteiger partial charge in [0.25, 0.3) is 0 Å². The molecule has 1 aliphatic rings. The van der Waals surface area contributed by atoms with Gasteiger partial charge in [-0.05, 0) is 27.7 Å². The predicted octanol–water partition coefficient (Wildman–Crippen LogP) is 1.11. The van der Waals surface area contributed by atoms with Crippen molar-refractivity contribution in [3.8, 4) is 0 Å². The Morgan fingerprint density at radius 1 is 1.12 bits per heavy atom. The number of ether oxygens (including phenoxy) is 4. The fourth-order valence-corrected chi connectivity index (χ4v) is 1.93. The summed E-state index contributed by atoms with van der Waals surface area (Å²) in [6.07, 6.45) is -0.317. The first-order valence-corrected chi connectivity index (χ1v) is 6.16. The second kappa shape index (κ2) is 6.73. The van der Waals surface area contributed by atoms with Crippen molar-refractivity contribution in [3.05, 3.63) is 0 Å². The Morgan fingerprint density at radius 2 is 1.76 bits per heavy atom. The summed E-state index contributed by atoms with van der Waals surface area (Å²) >= 11 is 0. The standard InChI is InChI=1S/C12H23BO4/c1-7(2)15-6-9-10(14-5)11(12(13)17-9)16-8(3)4/h7-12H,6H2,1-5H3/t9-,10?,11+,12-/m1/s1. The molecule has 1 aliphatic heterocycles. The normalized spacial score (nSPS) is 33.8. The van der Waals surface area contributed by atoms with Gasteiger partial charge in [0.2, 0.25) is 0 Å². The fraction of sp³-hybridized carbons (Fsp3) is 1.00. The Morgan fingerprint density at radius 3 is 2.24 bits per heavy atom. The third-order valence-corrected chi connectivity index (χ3v) is 2.64. The van der Waals surface area contributed by atoms with Crippen molar-refractivity contribution < 1.29 is 18.9 Å².